The molecule has 6 nitrogen and oxygen atoms in total. The number of rotatable bonds is 5. The van der Waals surface area contributed by atoms with Crippen LogP contribution in [0.15, 0.2) is 63.9 Å². The number of aryl methyl sites for hydroxylation is 1. The Morgan fingerprint density at radius 2 is 1.75 bits per heavy atom. The summed E-state index contributed by atoms with van der Waals surface area (Å²) in [6, 6.07) is 17.0. The quantitative estimate of drug-likeness (QED) is 0.670. The summed E-state index contributed by atoms with van der Waals surface area (Å²) in [6.07, 6.45) is 2.44. The number of amides is 1. The smallest absolute Gasteiger partial charge is 0.410 e. The van der Waals surface area contributed by atoms with Crippen LogP contribution < -0.4 is 5.56 Å². The fraction of sp³-hybridized carbons (Fsp3) is 0.364. The molecule has 3 aromatic rings. The minimum atomic E-state index is -0.254. The average Bonchev–Trinajstić information content (AvgIpc) is 3.07. The summed E-state index contributed by atoms with van der Waals surface area (Å²) < 4.78 is 12.5. The van der Waals surface area contributed by atoms with Gasteiger partial charge < -0.3 is 14.2 Å². The Morgan fingerprint density at radius 1 is 1.04 bits per heavy atom. The molecule has 0 N–H and O–H groups in total. The zero-order valence-electron chi connectivity index (χ0n) is 15.8. The molecule has 1 amide bonds. The van der Waals surface area contributed by atoms with Gasteiger partial charge in [-0.1, -0.05) is 42.5 Å². The van der Waals surface area contributed by atoms with Crippen LogP contribution in [0.1, 0.15) is 24.8 Å². The van der Waals surface area contributed by atoms with Crippen LogP contribution in [0.5, 0.6) is 0 Å². The summed E-state index contributed by atoms with van der Waals surface area (Å²) in [5.41, 5.74) is 1.54. The van der Waals surface area contributed by atoms with Gasteiger partial charge in [-0.2, -0.15) is 4.74 Å². The molecule has 1 fully saturated rings. The number of nitrogens with zero attached hydrogens (tertiary/aromatic N) is 2. The first-order valence-corrected chi connectivity index (χ1v) is 9.75. The molecule has 4 rings (SSSR count). The van der Waals surface area contributed by atoms with Crippen LogP contribution in [-0.2, 0) is 17.9 Å². The fourth-order valence-corrected chi connectivity index (χ4v) is 3.68. The molecule has 1 aliphatic heterocycles. The Labute approximate surface area is 163 Å². The maximum Gasteiger partial charge on any atom is 0.410 e. The number of fused-ring (bicyclic) bond motifs is 1. The van der Waals surface area contributed by atoms with Crippen molar-refractivity contribution >= 4 is 17.1 Å². The lowest BCUT2D eigenvalue weighted by Crippen LogP contribution is -2.39. The minimum Gasteiger partial charge on any atom is -0.445 e. The molecule has 0 saturated carbocycles. The van der Waals surface area contributed by atoms with E-state index in [0.717, 1.165) is 24.8 Å². The standard InChI is InChI=1S/C22H24N2O4/c25-21-19-8-4-5-9-20(19)28-24(21)15-12-17-10-13-23(14-11-17)22(26)27-16-18-6-2-1-3-7-18/h1-9,17H,10-16H2. The molecule has 0 radical (unpaired) electrons. The molecule has 28 heavy (non-hydrogen) atoms. The summed E-state index contributed by atoms with van der Waals surface area (Å²) in [4.78, 5) is 26.3. The van der Waals surface area contributed by atoms with Gasteiger partial charge in [0.05, 0.1) is 11.9 Å². The highest BCUT2D eigenvalue weighted by molar-refractivity contribution is 5.75. The number of ether oxygens (including phenoxy) is 1. The van der Waals surface area contributed by atoms with Gasteiger partial charge in [0.2, 0.25) is 0 Å². The molecule has 1 aromatic heterocycles. The largest absolute Gasteiger partial charge is 0.445 e. The molecule has 0 bridgehead atoms. The van der Waals surface area contributed by atoms with Crippen molar-refractivity contribution in [3.8, 4) is 0 Å². The van der Waals surface area contributed by atoms with Gasteiger partial charge in [-0.15, -0.1) is 0 Å². The van der Waals surface area contributed by atoms with Crippen molar-refractivity contribution in [1.82, 2.24) is 9.64 Å². The van der Waals surface area contributed by atoms with Gasteiger partial charge in [0.15, 0.2) is 5.58 Å². The van der Waals surface area contributed by atoms with E-state index in [9.17, 15) is 9.59 Å². The van der Waals surface area contributed by atoms with Crippen molar-refractivity contribution < 1.29 is 14.1 Å². The summed E-state index contributed by atoms with van der Waals surface area (Å²) in [6.45, 7) is 2.24. The second-order valence-corrected chi connectivity index (χ2v) is 7.25. The van der Waals surface area contributed by atoms with E-state index in [4.69, 9.17) is 9.26 Å². The predicted octanol–water partition coefficient (Wildman–Crippen LogP) is 4.03. The van der Waals surface area contributed by atoms with Gasteiger partial charge in [-0.05, 0) is 42.9 Å². The number of carbonyl (C=O) groups excluding carboxylic acids is 1. The summed E-state index contributed by atoms with van der Waals surface area (Å²) in [7, 11) is 0. The minimum absolute atomic E-state index is 0.0717. The van der Waals surface area contributed by atoms with E-state index in [1.165, 1.54) is 4.74 Å². The first-order valence-electron chi connectivity index (χ1n) is 9.75. The van der Waals surface area contributed by atoms with Crippen LogP contribution in [0, 0.1) is 5.92 Å². The third kappa shape index (κ3) is 4.11. The number of carbonyl (C=O) groups is 1. The zero-order valence-corrected chi connectivity index (χ0v) is 15.8. The van der Waals surface area contributed by atoms with E-state index >= 15 is 0 Å². The van der Waals surface area contributed by atoms with Crippen LogP contribution in [-0.4, -0.2) is 28.8 Å². The van der Waals surface area contributed by atoms with Crippen molar-refractivity contribution in [2.45, 2.75) is 32.4 Å². The lowest BCUT2D eigenvalue weighted by atomic mass is 9.94. The summed E-state index contributed by atoms with van der Waals surface area (Å²) in [5.74, 6) is 0.471. The highest BCUT2D eigenvalue weighted by Crippen LogP contribution is 2.22. The third-order valence-corrected chi connectivity index (χ3v) is 5.37. The van der Waals surface area contributed by atoms with E-state index in [1.807, 2.05) is 48.5 Å². The average molecular weight is 380 g/mol. The van der Waals surface area contributed by atoms with Gasteiger partial charge in [-0.3, -0.25) is 4.79 Å². The molecule has 2 aromatic carbocycles. The van der Waals surface area contributed by atoms with E-state index in [2.05, 4.69) is 0 Å². The summed E-state index contributed by atoms with van der Waals surface area (Å²) in [5, 5.41) is 0.624. The highest BCUT2D eigenvalue weighted by atomic mass is 16.6. The number of hydrogen-bond acceptors (Lipinski definition) is 4. The second kappa shape index (κ2) is 8.33. The van der Waals surface area contributed by atoms with Crippen LogP contribution in [0.2, 0.25) is 0 Å². The lowest BCUT2D eigenvalue weighted by molar-refractivity contribution is 0.0801. The lowest BCUT2D eigenvalue weighted by Gasteiger charge is -2.31. The Hall–Kier alpha value is -3.02. The number of benzene rings is 2. The van der Waals surface area contributed by atoms with E-state index in [-0.39, 0.29) is 11.7 Å². The Morgan fingerprint density at radius 3 is 2.50 bits per heavy atom. The molecule has 1 aliphatic rings. The van der Waals surface area contributed by atoms with Gasteiger partial charge in [0.1, 0.15) is 6.61 Å². The van der Waals surface area contributed by atoms with Crippen LogP contribution in [0.25, 0.3) is 11.0 Å². The number of hydrogen-bond donors (Lipinski definition) is 0. The van der Waals surface area contributed by atoms with Crippen LogP contribution in [0.3, 0.4) is 0 Å². The Bertz CT molecular complexity index is 984. The van der Waals surface area contributed by atoms with Crippen LogP contribution >= 0.6 is 0 Å². The molecule has 146 valence electrons. The molecule has 0 aliphatic carbocycles. The first-order chi connectivity index (χ1) is 13.7. The second-order valence-electron chi connectivity index (χ2n) is 7.25. The van der Waals surface area contributed by atoms with E-state index < -0.39 is 0 Å². The van der Waals surface area contributed by atoms with Crippen molar-refractivity contribution in [2.24, 2.45) is 5.92 Å². The molecule has 0 spiro atoms. The first kappa shape index (κ1) is 18.3. The number of para-hydroxylation sites is 1. The van der Waals surface area contributed by atoms with Gasteiger partial charge >= 0.3 is 6.09 Å². The SMILES string of the molecule is O=C(OCc1ccccc1)N1CCC(CCn2oc3ccccc3c2=O)CC1. The van der Waals surface area contributed by atoms with Gasteiger partial charge in [-0.25, -0.2) is 4.79 Å². The fourth-order valence-electron chi connectivity index (χ4n) is 3.68. The molecule has 2 heterocycles. The Balaban J connectivity index is 1.24. The Kier molecular flexibility index (Phi) is 5.46. The van der Waals surface area contributed by atoms with E-state index in [1.54, 1.807) is 11.0 Å². The highest BCUT2D eigenvalue weighted by Gasteiger charge is 2.24. The number of likely N-dealkylation sites (tertiary alicyclic amines) is 1. The van der Waals surface area contributed by atoms with Crippen molar-refractivity contribution in [2.75, 3.05) is 13.1 Å². The number of piperidine rings is 1. The van der Waals surface area contributed by atoms with Crippen molar-refractivity contribution in [3.63, 3.8) is 0 Å². The van der Waals surface area contributed by atoms with E-state index in [0.29, 0.717) is 43.1 Å². The maximum absolute atomic E-state index is 12.3. The maximum atomic E-state index is 12.3. The van der Waals surface area contributed by atoms with Crippen molar-refractivity contribution in [3.05, 3.63) is 70.5 Å². The molecular formula is C22H24N2O4. The number of aromatic nitrogens is 1. The predicted molar refractivity (Wildman–Crippen MR) is 106 cm³/mol. The zero-order chi connectivity index (χ0) is 19.3. The third-order valence-electron chi connectivity index (χ3n) is 5.37. The van der Waals surface area contributed by atoms with Crippen LogP contribution in [0.4, 0.5) is 4.79 Å². The monoisotopic (exact) mass is 380 g/mol. The summed E-state index contributed by atoms with van der Waals surface area (Å²) >= 11 is 0. The molecule has 0 unspecified atom stereocenters. The molecule has 1 saturated heterocycles. The normalized spacial score (nSPS) is 15.1. The topological polar surface area (TPSA) is 64.7 Å². The molecule has 6 heteroatoms. The van der Waals surface area contributed by atoms with Gasteiger partial charge in [0, 0.05) is 13.1 Å². The van der Waals surface area contributed by atoms with Crippen molar-refractivity contribution in [1.29, 1.82) is 0 Å². The van der Waals surface area contributed by atoms with Gasteiger partial charge in [0.25, 0.3) is 5.56 Å². The molecule has 0 atom stereocenters. The molecular weight excluding hydrogens is 356 g/mol.